The lowest BCUT2D eigenvalue weighted by molar-refractivity contribution is 0.215. The zero-order chi connectivity index (χ0) is 14.5. The Bertz CT molecular complexity index is 716. The van der Waals surface area contributed by atoms with Gasteiger partial charge in [0.05, 0.1) is 12.4 Å². The first-order chi connectivity index (χ1) is 10.3. The third kappa shape index (κ3) is 3.37. The number of aromatic nitrogens is 4. The first kappa shape index (κ1) is 13.1. The molecule has 3 aromatic rings. The van der Waals surface area contributed by atoms with Crippen molar-refractivity contribution in [3.05, 3.63) is 48.2 Å². The van der Waals surface area contributed by atoms with Crippen LogP contribution in [0.1, 0.15) is 0 Å². The Balaban J connectivity index is 1.64. The number of hydrogen-bond acceptors (Lipinski definition) is 7. The minimum Gasteiger partial charge on any atom is -0.410 e. The lowest BCUT2D eigenvalue weighted by Crippen LogP contribution is -2.17. The van der Waals surface area contributed by atoms with Gasteiger partial charge < -0.3 is 4.74 Å². The number of nitrogens with zero attached hydrogens (tertiary/aromatic N) is 4. The van der Waals surface area contributed by atoms with Gasteiger partial charge >= 0.3 is 6.09 Å². The van der Waals surface area contributed by atoms with Crippen LogP contribution in [-0.4, -0.2) is 26.3 Å². The minimum atomic E-state index is -0.626. The SMILES string of the molecule is O=C(Nc1cnc(-c2nncs2)cn1)Oc1ccccc1. The second kappa shape index (κ2) is 6.06. The van der Waals surface area contributed by atoms with E-state index in [0.717, 1.165) is 0 Å². The molecule has 0 aliphatic carbocycles. The summed E-state index contributed by atoms with van der Waals surface area (Å²) in [6, 6.07) is 8.76. The molecule has 0 bridgehead atoms. The molecule has 2 heterocycles. The molecule has 0 saturated carbocycles. The van der Waals surface area contributed by atoms with Crippen LogP contribution in [-0.2, 0) is 0 Å². The summed E-state index contributed by atoms with van der Waals surface area (Å²) in [5, 5.41) is 10.8. The number of benzene rings is 1. The fraction of sp³-hybridized carbons (Fsp3) is 0. The van der Waals surface area contributed by atoms with Crippen molar-refractivity contribution in [1.29, 1.82) is 0 Å². The Morgan fingerprint density at radius 2 is 2.00 bits per heavy atom. The zero-order valence-electron chi connectivity index (χ0n) is 10.6. The average molecular weight is 299 g/mol. The maximum Gasteiger partial charge on any atom is 0.418 e. The molecule has 0 fully saturated rings. The molecule has 8 heteroatoms. The summed E-state index contributed by atoms with van der Waals surface area (Å²) in [7, 11) is 0. The van der Waals surface area contributed by atoms with Crippen molar-refractivity contribution < 1.29 is 9.53 Å². The third-order valence-electron chi connectivity index (χ3n) is 2.41. The molecule has 0 radical (unpaired) electrons. The number of amides is 1. The molecule has 1 aromatic carbocycles. The summed E-state index contributed by atoms with van der Waals surface area (Å²) in [5.41, 5.74) is 2.21. The molecule has 0 unspecified atom stereocenters. The molecule has 0 atom stereocenters. The van der Waals surface area contributed by atoms with E-state index in [2.05, 4.69) is 25.5 Å². The number of carbonyl (C=O) groups excluding carboxylic acids is 1. The van der Waals surface area contributed by atoms with E-state index in [0.29, 0.717) is 22.3 Å². The smallest absolute Gasteiger partial charge is 0.410 e. The van der Waals surface area contributed by atoms with E-state index in [1.54, 1.807) is 29.8 Å². The Hall–Kier alpha value is -2.87. The van der Waals surface area contributed by atoms with Crippen LogP contribution in [0.2, 0.25) is 0 Å². The predicted molar refractivity (Wildman–Crippen MR) is 77.0 cm³/mol. The van der Waals surface area contributed by atoms with Crippen molar-refractivity contribution >= 4 is 23.2 Å². The lowest BCUT2D eigenvalue weighted by Gasteiger charge is -2.05. The first-order valence-electron chi connectivity index (χ1n) is 5.94. The number of nitrogens with one attached hydrogen (secondary N) is 1. The fourth-order valence-corrected chi connectivity index (χ4v) is 2.03. The maximum atomic E-state index is 11.7. The standard InChI is InChI=1S/C13H9N5O2S/c19-13(20-9-4-2-1-3-5-9)17-11-7-14-10(6-15-11)12-18-16-8-21-12/h1-8H,(H,15,17,19). The van der Waals surface area contributed by atoms with Crippen molar-refractivity contribution in [2.24, 2.45) is 0 Å². The van der Waals surface area contributed by atoms with E-state index in [1.165, 1.54) is 23.7 Å². The molecule has 0 saturated heterocycles. The van der Waals surface area contributed by atoms with Crippen molar-refractivity contribution in [1.82, 2.24) is 20.2 Å². The van der Waals surface area contributed by atoms with E-state index in [9.17, 15) is 4.79 Å². The number of para-hydroxylation sites is 1. The molecular weight excluding hydrogens is 290 g/mol. The number of ether oxygens (including phenoxy) is 1. The van der Waals surface area contributed by atoms with Crippen molar-refractivity contribution in [3.63, 3.8) is 0 Å². The van der Waals surface area contributed by atoms with Crippen LogP contribution in [0.5, 0.6) is 5.75 Å². The van der Waals surface area contributed by atoms with Gasteiger partial charge in [0, 0.05) is 0 Å². The van der Waals surface area contributed by atoms with Gasteiger partial charge in [0.25, 0.3) is 0 Å². The maximum absolute atomic E-state index is 11.7. The van der Waals surface area contributed by atoms with Crippen LogP contribution in [0.4, 0.5) is 10.6 Å². The van der Waals surface area contributed by atoms with Gasteiger partial charge in [-0.2, -0.15) is 0 Å². The molecule has 0 spiro atoms. The topological polar surface area (TPSA) is 89.9 Å². The van der Waals surface area contributed by atoms with Crippen LogP contribution in [0.15, 0.2) is 48.2 Å². The highest BCUT2D eigenvalue weighted by Crippen LogP contribution is 2.17. The van der Waals surface area contributed by atoms with Gasteiger partial charge in [-0.15, -0.1) is 10.2 Å². The highest BCUT2D eigenvalue weighted by molar-refractivity contribution is 7.12. The van der Waals surface area contributed by atoms with Crippen molar-refractivity contribution in [3.8, 4) is 16.5 Å². The highest BCUT2D eigenvalue weighted by Gasteiger charge is 2.08. The predicted octanol–water partition coefficient (Wildman–Crippen LogP) is 2.61. The zero-order valence-corrected chi connectivity index (χ0v) is 11.4. The first-order valence-corrected chi connectivity index (χ1v) is 6.82. The van der Waals surface area contributed by atoms with E-state index in [-0.39, 0.29) is 0 Å². The molecule has 7 nitrogen and oxygen atoms in total. The van der Waals surface area contributed by atoms with E-state index in [1.807, 2.05) is 6.07 Å². The number of hydrogen-bond donors (Lipinski definition) is 1. The normalized spacial score (nSPS) is 10.1. The molecular formula is C13H9N5O2S. The Morgan fingerprint density at radius 1 is 1.14 bits per heavy atom. The second-order valence-electron chi connectivity index (χ2n) is 3.86. The molecule has 0 aliphatic rings. The summed E-state index contributed by atoms with van der Waals surface area (Å²) in [5.74, 6) is 0.748. The molecule has 1 N–H and O–H groups in total. The number of anilines is 1. The van der Waals surface area contributed by atoms with E-state index >= 15 is 0 Å². The minimum absolute atomic E-state index is 0.296. The molecule has 21 heavy (non-hydrogen) atoms. The average Bonchev–Trinajstić information content (AvgIpc) is 3.03. The molecule has 3 rings (SSSR count). The van der Waals surface area contributed by atoms with Gasteiger partial charge in [-0.1, -0.05) is 29.5 Å². The monoisotopic (exact) mass is 299 g/mol. The van der Waals surface area contributed by atoms with Gasteiger partial charge in [-0.25, -0.2) is 14.8 Å². The van der Waals surface area contributed by atoms with Crippen molar-refractivity contribution in [2.45, 2.75) is 0 Å². The van der Waals surface area contributed by atoms with Gasteiger partial charge in [-0.05, 0) is 12.1 Å². The van der Waals surface area contributed by atoms with Gasteiger partial charge in [0.1, 0.15) is 17.0 Å². The van der Waals surface area contributed by atoms with Gasteiger partial charge in [0.15, 0.2) is 10.8 Å². The van der Waals surface area contributed by atoms with Gasteiger partial charge in [0.2, 0.25) is 0 Å². The Labute approximate surface area is 123 Å². The summed E-state index contributed by atoms with van der Waals surface area (Å²) < 4.78 is 5.08. The molecule has 0 aliphatic heterocycles. The quantitative estimate of drug-likeness (QED) is 0.799. The van der Waals surface area contributed by atoms with Gasteiger partial charge in [-0.3, -0.25) is 5.32 Å². The summed E-state index contributed by atoms with van der Waals surface area (Å²) >= 11 is 1.36. The highest BCUT2D eigenvalue weighted by atomic mass is 32.1. The molecule has 2 aromatic heterocycles. The lowest BCUT2D eigenvalue weighted by atomic mass is 10.3. The summed E-state index contributed by atoms with van der Waals surface area (Å²) in [4.78, 5) is 19.9. The second-order valence-corrected chi connectivity index (χ2v) is 4.69. The van der Waals surface area contributed by atoms with Crippen LogP contribution < -0.4 is 10.1 Å². The van der Waals surface area contributed by atoms with Crippen LogP contribution in [0.25, 0.3) is 10.7 Å². The summed E-state index contributed by atoms with van der Waals surface area (Å²) in [6.45, 7) is 0. The Morgan fingerprint density at radius 3 is 2.67 bits per heavy atom. The molecule has 104 valence electrons. The van der Waals surface area contributed by atoms with Crippen molar-refractivity contribution in [2.75, 3.05) is 5.32 Å². The largest absolute Gasteiger partial charge is 0.418 e. The Kier molecular flexibility index (Phi) is 3.79. The number of carbonyl (C=O) groups is 1. The molecule has 1 amide bonds. The summed E-state index contributed by atoms with van der Waals surface area (Å²) in [6.07, 6.45) is 2.32. The van der Waals surface area contributed by atoms with Crippen LogP contribution >= 0.6 is 11.3 Å². The van der Waals surface area contributed by atoms with E-state index < -0.39 is 6.09 Å². The third-order valence-corrected chi connectivity index (χ3v) is 3.13. The number of rotatable bonds is 3. The van der Waals surface area contributed by atoms with Crippen LogP contribution in [0, 0.1) is 0 Å². The van der Waals surface area contributed by atoms with E-state index in [4.69, 9.17) is 4.74 Å². The van der Waals surface area contributed by atoms with Crippen LogP contribution in [0.3, 0.4) is 0 Å². The fourth-order valence-electron chi connectivity index (χ4n) is 1.51.